The first-order chi connectivity index (χ1) is 8.98. The molecule has 2 rings (SSSR count). The standard InChI is InChI=1S/C12H15Cl2NO3S/c1-18-10-4-5-15(8-10)19(16,17)12-6-9(7-13)2-3-11(12)14/h2-3,6,10H,4-5,7-8H2,1H3. The van der Waals surface area contributed by atoms with Crippen molar-refractivity contribution in [2.24, 2.45) is 0 Å². The van der Waals surface area contributed by atoms with Gasteiger partial charge in [0.2, 0.25) is 10.0 Å². The van der Waals surface area contributed by atoms with Crippen molar-refractivity contribution in [3.8, 4) is 0 Å². The van der Waals surface area contributed by atoms with Crippen molar-refractivity contribution in [3.63, 3.8) is 0 Å². The summed E-state index contributed by atoms with van der Waals surface area (Å²) in [7, 11) is -2.00. The van der Waals surface area contributed by atoms with E-state index in [1.165, 1.54) is 10.4 Å². The fraction of sp³-hybridized carbons (Fsp3) is 0.500. The van der Waals surface area contributed by atoms with E-state index in [1.54, 1.807) is 19.2 Å². The van der Waals surface area contributed by atoms with Crippen LogP contribution in [-0.2, 0) is 20.6 Å². The Bertz CT molecular complexity index is 562. The minimum Gasteiger partial charge on any atom is -0.380 e. The van der Waals surface area contributed by atoms with Crippen LogP contribution in [0.1, 0.15) is 12.0 Å². The summed E-state index contributed by atoms with van der Waals surface area (Å²) in [5.41, 5.74) is 0.729. The molecule has 0 radical (unpaired) electrons. The summed E-state index contributed by atoms with van der Waals surface area (Å²) in [6, 6.07) is 4.82. The maximum atomic E-state index is 12.5. The number of rotatable bonds is 4. The summed E-state index contributed by atoms with van der Waals surface area (Å²) in [6.45, 7) is 0.808. The number of nitrogens with zero attached hydrogens (tertiary/aromatic N) is 1. The molecular formula is C12H15Cl2NO3S. The SMILES string of the molecule is COC1CCN(S(=O)(=O)c2cc(CCl)ccc2Cl)C1. The summed E-state index contributed by atoms with van der Waals surface area (Å²) in [5, 5.41) is 0.217. The molecule has 1 aromatic rings. The number of benzene rings is 1. The van der Waals surface area contributed by atoms with Gasteiger partial charge in [-0.15, -0.1) is 11.6 Å². The number of methoxy groups -OCH3 is 1. The third-order valence-electron chi connectivity index (χ3n) is 3.21. The Labute approximate surface area is 123 Å². The van der Waals surface area contributed by atoms with E-state index in [0.29, 0.717) is 19.5 Å². The second-order valence-corrected chi connectivity index (χ2v) is 6.99. The zero-order valence-electron chi connectivity index (χ0n) is 10.5. The molecule has 1 unspecified atom stereocenters. The molecule has 106 valence electrons. The van der Waals surface area contributed by atoms with E-state index in [4.69, 9.17) is 27.9 Å². The predicted octanol–water partition coefficient (Wildman–Crippen LogP) is 2.49. The van der Waals surface area contributed by atoms with Gasteiger partial charge in [-0.1, -0.05) is 17.7 Å². The number of hydrogen-bond donors (Lipinski definition) is 0. The van der Waals surface area contributed by atoms with E-state index in [2.05, 4.69) is 0 Å². The minimum atomic E-state index is -3.58. The van der Waals surface area contributed by atoms with E-state index >= 15 is 0 Å². The van der Waals surface area contributed by atoms with Gasteiger partial charge in [-0.25, -0.2) is 8.42 Å². The maximum absolute atomic E-state index is 12.5. The molecule has 0 aliphatic carbocycles. The van der Waals surface area contributed by atoms with Crippen LogP contribution >= 0.6 is 23.2 Å². The number of hydrogen-bond acceptors (Lipinski definition) is 3. The van der Waals surface area contributed by atoms with E-state index < -0.39 is 10.0 Å². The Hall–Kier alpha value is -0.330. The van der Waals surface area contributed by atoms with Gasteiger partial charge in [0.25, 0.3) is 0 Å². The largest absolute Gasteiger partial charge is 0.380 e. The van der Waals surface area contributed by atoms with Crippen LogP contribution in [-0.4, -0.2) is 39.0 Å². The summed E-state index contributed by atoms with van der Waals surface area (Å²) in [6.07, 6.45) is 0.646. The summed E-state index contributed by atoms with van der Waals surface area (Å²) in [5.74, 6) is 0.250. The topological polar surface area (TPSA) is 46.6 Å². The maximum Gasteiger partial charge on any atom is 0.244 e. The Morgan fingerprint density at radius 2 is 2.21 bits per heavy atom. The number of ether oxygens (including phenoxy) is 1. The van der Waals surface area contributed by atoms with Crippen LogP contribution in [0.2, 0.25) is 5.02 Å². The number of alkyl halides is 1. The Balaban J connectivity index is 2.34. The third-order valence-corrected chi connectivity index (χ3v) is 5.86. The number of halogens is 2. The molecule has 0 N–H and O–H groups in total. The summed E-state index contributed by atoms with van der Waals surface area (Å²) >= 11 is 11.7. The first-order valence-corrected chi connectivity index (χ1v) is 8.21. The molecule has 1 fully saturated rings. The first-order valence-electron chi connectivity index (χ1n) is 5.86. The molecule has 4 nitrogen and oxygen atoms in total. The highest BCUT2D eigenvalue weighted by Crippen LogP contribution is 2.29. The van der Waals surface area contributed by atoms with Gasteiger partial charge in [0, 0.05) is 26.1 Å². The van der Waals surface area contributed by atoms with E-state index in [1.807, 2.05) is 0 Å². The van der Waals surface area contributed by atoms with Crippen LogP contribution in [0, 0.1) is 0 Å². The predicted molar refractivity (Wildman–Crippen MR) is 75.2 cm³/mol. The fourth-order valence-electron chi connectivity index (χ4n) is 2.08. The van der Waals surface area contributed by atoms with Gasteiger partial charge in [-0.05, 0) is 24.1 Å². The molecule has 1 heterocycles. The minimum absolute atomic E-state index is 0.0511. The second-order valence-electron chi connectivity index (χ2n) is 4.41. The van der Waals surface area contributed by atoms with Gasteiger partial charge in [0.1, 0.15) is 4.90 Å². The quantitative estimate of drug-likeness (QED) is 0.800. The van der Waals surface area contributed by atoms with Crippen molar-refractivity contribution in [3.05, 3.63) is 28.8 Å². The van der Waals surface area contributed by atoms with Gasteiger partial charge in [-0.3, -0.25) is 0 Å². The molecule has 1 aliphatic rings. The first kappa shape index (κ1) is 15.1. The Morgan fingerprint density at radius 3 is 2.79 bits per heavy atom. The lowest BCUT2D eigenvalue weighted by atomic mass is 10.2. The highest BCUT2D eigenvalue weighted by Gasteiger charge is 2.33. The average Bonchev–Trinajstić information content (AvgIpc) is 2.88. The molecule has 1 aliphatic heterocycles. The van der Waals surface area contributed by atoms with Crippen molar-refractivity contribution in [1.82, 2.24) is 4.31 Å². The molecule has 1 atom stereocenters. The third kappa shape index (κ3) is 3.06. The molecule has 0 spiro atoms. The van der Waals surface area contributed by atoms with Crippen molar-refractivity contribution >= 4 is 33.2 Å². The second kappa shape index (κ2) is 5.97. The smallest absolute Gasteiger partial charge is 0.244 e. The van der Waals surface area contributed by atoms with Gasteiger partial charge >= 0.3 is 0 Å². The molecule has 0 aromatic heterocycles. The lowest BCUT2D eigenvalue weighted by molar-refractivity contribution is 0.115. The Morgan fingerprint density at radius 1 is 1.47 bits per heavy atom. The van der Waals surface area contributed by atoms with Crippen LogP contribution in [0.4, 0.5) is 0 Å². The molecule has 1 aromatic carbocycles. The number of sulfonamides is 1. The van der Waals surface area contributed by atoms with Crippen molar-refractivity contribution in [2.45, 2.75) is 23.3 Å². The van der Waals surface area contributed by atoms with Crippen molar-refractivity contribution in [2.75, 3.05) is 20.2 Å². The average molecular weight is 324 g/mol. The molecule has 1 saturated heterocycles. The highest BCUT2D eigenvalue weighted by atomic mass is 35.5. The van der Waals surface area contributed by atoms with Crippen LogP contribution in [0.25, 0.3) is 0 Å². The molecule has 0 saturated carbocycles. The normalized spacial score (nSPS) is 20.9. The summed E-state index contributed by atoms with van der Waals surface area (Å²) < 4.78 is 31.6. The summed E-state index contributed by atoms with van der Waals surface area (Å²) in [4.78, 5) is 0.115. The fourth-order valence-corrected chi connectivity index (χ4v) is 4.25. The molecule has 19 heavy (non-hydrogen) atoms. The van der Waals surface area contributed by atoms with E-state index in [-0.39, 0.29) is 21.9 Å². The van der Waals surface area contributed by atoms with Gasteiger partial charge in [0.05, 0.1) is 11.1 Å². The molecule has 0 bridgehead atoms. The molecular weight excluding hydrogens is 309 g/mol. The van der Waals surface area contributed by atoms with Crippen LogP contribution in [0.15, 0.2) is 23.1 Å². The molecule has 7 heteroatoms. The van der Waals surface area contributed by atoms with Crippen molar-refractivity contribution in [1.29, 1.82) is 0 Å². The van der Waals surface area contributed by atoms with Gasteiger partial charge < -0.3 is 4.74 Å². The van der Waals surface area contributed by atoms with Gasteiger partial charge in [0.15, 0.2) is 0 Å². The van der Waals surface area contributed by atoms with Crippen LogP contribution in [0.5, 0.6) is 0 Å². The molecule has 0 amide bonds. The van der Waals surface area contributed by atoms with Crippen LogP contribution < -0.4 is 0 Å². The lowest BCUT2D eigenvalue weighted by Crippen LogP contribution is -2.30. The van der Waals surface area contributed by atoms with Gasteiger partial charge in [-0.2, -0.15) is 4.31 Å². The van der Waals surface area contributed by atoms with E-state index in [0.717, 1.165) is 5.56 Å². The lowest BCUT2D eigenvalue weighted by Gasteiger charge is -2.17. The van der Waals surface area contributed by atoms with Crippen LogP contribution in [0.3, 0.4) is 0 Å². The van der Waals surface area contributed by atoms with Crippen molar-refractivity contribution < 1.29 is 13.2 Å². The monoisotopic (exact) mass is 323 g/mol. The highest BCUT2D eigenvalue weighted by molar-refractivity contribution is 7.89. The van der Waals surface area contributed by atoms with E-state index in [9.17, 15) is 8.42 Å². The zero-order chi connectivity index (χ0) is 14.0. The zero-order valence-corrected chi connectivity index (χ0v) is 12.8. The Kier molecular flexibility index (Phi) is 4.74.